The Balaban J connectivity index is 0.00000364. The molecule has 5 nitrogen and oxygen atoms in total. The maximum absolute atomic E-state index is 5.78. The average Bonchev–Trinajstić information content (AvgIpc) is 2.65. The molecule has 0 aromatic heterocycles. The molecule has 1 fully saturated rings. The molecular weight excluding hydrogens is 473 g/mol. The molecule has 0 atom stereocenters. The summed E-state index contributed by atoms with van der Waals surface area (Å²) in [5.41, 5.74) is 1.24. The lowest BCUT2D eigenvalue weighted by Crippen LogP contribution is -2.42. The predicted molar refractivity (Wildman–Crippen MR) is 127 cm³/mol. The number of benzene rings is 1. The first kappa shape index (κ1) is 24.4. The molecule has 7 heteroatoms. The zero-order chi connectivity index (χ0) is 18.7. The Morgan fingerprint density at radius 1 is 1.19 bits per heavy atom. The van der Waals surface area contributed by atoms with Crippen molar-refractivity contribution >= 4 is 41.7 Å². The molecule has 0 saturated carbocycles. The number of thioether (sulfide) groups is 1. The summed E-state index contributed by atoms with van der Waals surface area (Å²) in [6.07, 6.45) is 2.15. The number of rotatable bonds is 9. The van der Waals surface area contributed by atoms with E-state index >= 15 is 0 Å². The van der Waals surface area contributed by atoms with E-state index in [2.05, 4.69) is 43.5 Å². The maximum atomic E-state index is 5.78. The van der Waals surface area contributed by atoms with E-state index in [1.807, 2.05) is 23.9 Å². The molecule has 2 N–H and O–H groups in total. The summed E-state index contributed by atoms with van der Waals surface area (Å²) in [6, 6.07) is 8.14. The molecule has 1 aromatic carbocycles. The molecule has 0 amide bonds. The van der Waals surface area contributed by atoms with Crippen LogP contribution in [0.1, 0.15) is 32.3 Å². The number of aliphatic imine (C=N–C) groups is 1. The molecule has 0 bridgehead atoms. The van der Waals surface area contributed by atoms with Crippen LogP contribution < -0.4 is 15.4 Å². The van der Waals surface area contributed by atoms with Crippen LogP contribution in [-0.4, -0.2) is 55.9 Å². The fourth-order valence-corrected chi connectivity index (χ4v) is 4.16. The summed E-state index contributed by atoms with van der Waals surface area (Å²) in [6.45, 7) is 11.1. The van der Waals surface area contributed by atoms with Gasteiger partial charge in [0.2, 0.25) is 0 Å². The molecule has 0 spiro atoms. The highest BCUT2D eigenvalue weighted by molar-refractivity contribution is 14.0. The third-order valence-corrected chi connectivity index (χ3v) is 5.85. The molecule has 1 aromatic rings. The molecule has 0 radical (unpaired) electrons. The van der Waals surface area contributed by atoms with E-state index in [9.17, 15) is 0 Å². The Labute approximate surface area is 185 Å². The Kier molecular flexibility index (Phi) is 12.2. The highest BCUT2D eigenvalue weighted by Gasteiger charge is 2.32. The average molecular weight is 507 g/mol. The monoisotopic (exact) mass is 507 g/mol. The van der Waals surface area contributed by atoms with E-state index in [4.69, 9.17) is 14.5 Å². The van der Waals surface area contributed by atoms with Crippen LogP contribution in [0.5, 0.6) is 5.75 Å². The SMILES string of the molecule is CCNC(=NCC1(SCC)CCOCC1)NCCOc1ccc(C)cc1.I. The standard InChI is InChI=1S/C20H33N3O2S.HI/c1-4-21-19(22-12-15-25-18-8-6-17(3)7-9-18)23-16-20(26-5-2)10-13-24-14-11-20;/h6-9H,4-5,10-16H2,1-3H3,(H2,21,22,23);1H. The van der Waals surface area contributed by atoms with Crippen LogP contribution in [0.3, 0.4) is 0 Å². The number of aryl methyl sites for hydroxylation is 1. The summed E-state index contributed by atoms with van der Waals surface area (Å²) in [5.74, 6) is 2.88. The summed E-state index contributed by atoms with van der Waals surface area (Å²) in [7, 11) is 0. The van der Waals surface area contributed by atoms with Crippen LogP contribution in [-0.2, 0) is 4.74 Å². The van der Waals surface area contributed by atoms with Crippen molar-refractivity contribution < 1.29 is 9.47 Å². The highest BCUT2D eigenvalue weighted by Crippen LogP contribution is 2.35. The third kappa shape index (κ3) is 8.91. The van der Waals surface area contributed by atoms with Crippen molar-refractivity contribution in [2.45, 2.75) is 38.4 Å². The van der Waals surface area contributed by atoms with E-state index in [0.29, 0.717) is 6.61 Å². The van der Waals surface area contributed by atoms with Gasteiger partial charge in [0, 0.05) is 24.5 Å². The van der Waals surface area contributed by atoms with E-state index in [-0.39, 0.29) is 28.7 Å². The molecule has 1 aliphatic heterocycles. The fourth-order valence-electron chi connectivity index (χ4n) is 2.94. The van der Waals surface area contributed by atoms with E-state index in [1.165, 1.54) is 5.56 Å². The number of halogens is 1. The van der Waals surface area contributed by atoms with Gasteiger partial charge in [0.05, 0.1) is 13.1 Å². The quantitative estimate of drug-likeness (QED) is 0.230. The lowest BCUT2D eigenvalue weighted by atomic mass is 9.99. The van der Waals surface area contributed by atoms with Crippen LogP contribution in [0, 0.1) is 6.92 Å². The largest absolute Gasteiger partial charge is 0.492 e. The first-order valence-electron chi connectivity index (χ1n) is 9.61. The van der Waals surface area contributed by atoms with Crippen LogP contribution >= 0.6 is 35.7 Å². The summed E-state index contributed by atoms with van der Waals surface area (Å²) < 4.78 is 11.5. The van der Waals surface area contributed by atoms with Crippen LogP contribution in [0.25, 0.3) is 0 Å². The third-order valence-electron chi connectivity index (χ3n) is 4.41. The van der Waals surface area contributed by atoms with Crippen molar-refractivity contribution in [3.63, 3.8) is 0 Å². The molecule has 2 rings (SSSR count). The molecular formula is C20H34IN3O2S. The van der Waals surface area contributed by atoms with Crippen molar-refractivity contribution in [1.82, 2.24) is 10.6 Å². The second-order valence-corrected chi connectivity index (χ2v) is 8.24. The summed E-state index contributed by atoms with van der Waals surface area (Å²) >= 11 is 2.02. The smallest absolute Gasteiger partial charge is 0.191 e. The highest BCUT2D eigenvalue weighted by atomic mass is 127. The van der Waals surface area contributed by atoms with Gasteiger partial charge in [-0.2, -0.15) is 11.8 Å². The van der Waals surface area contributed by atoms with Crippen LogP contribution in [0.2, 0.25) is 0 Å². The van der Waals surface area contributed by atoms with Crippen molar-refractivity contribution in [3.05, 3.63) is 29.8 Å². The summed E-state index contributed by atoms with van der Waals surface area (Å²) in [4.78, 5) is 4.85. The fraction of sp³-hybridized carbons (Fsp3) is 0.650. The number of ether oxygens (including phenoxy) is 2. The number of hydrogen-bond acceptors (Lipinski definition) is 4. The van der Waals surface area contributed by atoms with Gasteiger partial charge in [0.15, 0.2) is 5.96 Å². The van der Waals surface area contributed by atoms with Gasteiger partial charge in [-0.25, -0.2) is 0 Å². The Hall–Kier alpha value is -0.670. The van der Waals surface area contributed by atoms with Crippen LogP contribution in [0.15, 0.2) is 29.3 Å². The van der Waals surface area contributed by atoms with Gasteiger partial charge in [0.1, 0.15) is 12.4 Å². The number of guanidine groups is 1. The van der Waals surface area contributed by atoms with E-state index in [1.54, 1.807) is 0 Å². The lowest BCUT2D eigenvalue weighted by molar-refractivity contribution is 0.0793. The molecule has 27 heavy (non-hydrogen) atoms. The lowest BCUT2D eigenvalue weighted by Gasteiger charge is -2.35. The van der Waals surface area contributed by atoms with Gasteiger partial charge in [0.25, 0.3) is 0 Å². The van der Waals surface area contributed by atoms with Gasteiger partial charge in [-0.15, -0.1) is 24.0 Å². The van der Waals surface area contributed by atoms with Crippen molar-refractivity contribution in [3.8, 4) is 5.75 Å². The second kappa shape index (κ2) is 13.5. The minimum atomic E-state index is 0. The second-order valence-electron chi connectivity index (χ2n) is 6.51. The molecule has 1 aliphatic rings. The zero-order valence-electron chi connectivity index (χ0n) is 16.8. The molecule has 0 unspecified atom stereocenters. The van der Waals surface area contributed by atoms with Crippen molar-refractivity contribution in [2.24, 2.45) is 4.99 Å². The maximum Gasteiger partial charge on any atom is 0.191 e. The minimum absolute atomic E-state index is 0. The normalized spacial score (nSPS) is 16.3. The van der Waals surface area contributed by atoms with Crippen LogP contribution in [0.4, 0.5) is 0 Å². The molecule has 1 saturated heterocycles. The van der Waals surface area contributed by atoms with Gasteiger partial charge >= 0.3 is 0 Å². The van der Waals surface area contributed by atoms with Gasteiger partial charge < -0.3 is 20.1 Å². The van der Waals surface area contributed by atoms with Crippen molar-refractivity contribution in [2.75, 3.05) is 45.2 Å². The van der Waals surface area contributed by atoms with Gasteiger partial charge in [-0.3, -0.25) is 4.99 Å². The first-order valence-corrected chi connectivity index (χ1v) is 10.6. The molecule has 0 aliphatic carbocycles. The summed E-state index contributed by atoms with van der Waals surface area (Å²) in [5, 5.41) is 6.71. The Bertz CT molecular complexity index is 543. The number of nitrogens with one attached hydrogen (secondary N) is 2. The van der Waals surface area contributed by atoms with E-state index < -0.39 is 0 Å². The minimum Gasteiger partial charge on any atom is -0.492 e. The predicted octanol–water partition coefficient (Wildman–Crippen LogP) is 3.85. The zero-order valence-corrected chi connectivity index (χ0v) is 19.9. The number of nitrogens with zero attached hydrogens (tertiary/aromatic N) is 1. The van der Waals surface area contributed by atoms with Gasteiger partial charge in [-0.1, -0.05) is 24.6 Å². The van der Waals surface area contributed by atoms with Crippen molar-refractivity contribution in [1.29, 1.82) is 0 Å². The topological polar surface area (TPSA) is 54.9 Å². The molecule has 154 valence electrons. The van der Waals surface area contributed by atoms with E-state index in [0.717, 1.165) is 63.2 Å². The Morgan fingerprint density at radius 2 is 1.89 bits per heavy atom. The molecule has 1 heterocycles. The first-order chi connectivity index (χ1) is 12.7. The number of hydrogen-bond donors (Lipinski definition) is 2. The van der Waals surface area contributed by atoms with Gasteiger partial charge in [-0.05, 0) is 44.6 Å². The Morgan fingerprint density at radius 3 is 2.52 bits per heavy atom.